The SMILES string of the molecule is O=C(O)C[C@@H]1CCC[C@@H](NC(=O)c2cc(-c3ccc(OC(F)(F)F)cc3)cs2)C1. The second kappa shape index (κ2) is 8.86. The summed E-state index contributed by atoms with van der Waals surface area (Å²) in [6, 6.07) is 7.10. The van der Waals surface area contributed by atoms with Crippen LogP contribution in [0.25, 0.3) is 11.1 Å². The molecule has 0 bridgehead atoms. The lowest BCUT2D eigenvalue weighted by Gasteiger charge is -2.28. The quantitative estimate of drug-likeness (QED) is 0.674. The van der Waals surface area contributed by atoms with Gasteiger partial charge in [-0.15, -0.1) is 24.5 Å². The average Bonchev–Trinajstić information content (AvgIpc) is 3.11. The lowest BCUT2D eigenvalue weighted by Crippen LogP contribution is -2.38. The Balaban J connectivity index is 1.60. The standard InChI is InChI=1S/C20H20F3NO4S/c21-20(22,23)28-16-6-4-13(5-7-16)14-10-17(29-11-14)19(27)24-15-3-1-2-12(8-15)9-18(25)26/h4-7,10-12,15H,1-3,8-9H2,(H,24,27)(H,25,26)/t12-,15-/m1/s1. The number of benzene rings is 1. The molecule has 0 aliphatic heterocycles. The highest BCUT2D eigenvalue weighted by molar-refractivity contribution is 7.12. The van der Waals surface area contributed by atoms with Gasteiger partial charge in [-0.2, -0.15) is 0 Å². The van der Waals surface area contributed by atoms with Crippen LogP contribution in [0, 0.1) is 5.92 Å². The van der Waals surface area contributed by atoms with Crippen molar-refractivity contribution >= 4 is 23.2 Å². The molecule has 2 N–H and O–H groups in total. The van der Waals surface area contributed by atoms with Crippen molar-refractivity contribution in [1.82, 2.24) is 5.32 Å². The van der Waals surface area contributed by atoms with Gasteiger partial charge in [-0.25, -0.2) is 0 Å². The largest absolute Gasteiger partial charge is 0.573 e. The number of aliphatic carboxylic acids is 1. The number of rotatable bonds is 6. The summed E-state index contributed by atoms with van der Waals surface area (Å²) in [7, 11) is 0. The summed E-state index contributed by atoms with van der Waals surface area (Å²) in [6.07, 6.45) is -1.42. The Labute approximate surface area is 169 Å². The molecular formula is C20H20F3NO4S. The van der Waals surface area contributed by atoms with E-state index in [0.717, 1.165) is 24.8 Å². The minimum atomic E-state index is -4.74. The molecular weight excluding hydrogens is 407 g/mol. The third-order valence-electron chi connectivity index (χ3n) is 4.83. The van der Waals surface area contributed by atoms with Gasteiger partial charge in [0.1, 0.15) is 5.75 Å². The van der Waals surface area contributed by atoms with Crippen LogP contribution >= 0.6 is 11.3 Å². The van der Waals surface area contributed by atoms with E-state index < -0.39 is 12.3 Å². The zero-order chi connectivity index (χ0) is 21.0. The summed E-state index contributed by atoms with van der Waals surface area (Å²) in [5, 5.41) is 13.7. The highest BCUT2D eigenvalue weighted by Crippen LogP contribution is 2.30. The van der Waals surface area contributed by atoms with Crippen LogP contribution in [0.4, 0.5) is 13.2 Å². The number of carbonyl (C=O) groups excluding carboxylic acids is 1. The Morgan fingerprint density at radius 3 is 2.55 bits per heavy atom. The molecule has 2 aromatic rings. The molecule has 0 spiro atoms. The third-order valence-corrected chi connectivity index (χ3v) is 5.75. The van der Waals surface area contributed by atoms with Gasteiger partial charge in [0.05, 0.1) is 4.88 Å². The number of nitrogens with one attached hydrogen (secondary N) is 1. The Morgan fingerprint density at radius 1 is 1.17 bits per heavy atom. The zero-order valence-electron chi connectivity index (χ0n) is 15.4. The van der Waals surface area contributed by atoms with E-state index in [1.165, 1.54) is 35.6 Å². The first-order chi connectivity index (χ1) is 13.7. The van der Waals surface area contributed by atoms with Gasteiger partial charge in [0.2, 0.25) is 0 Å². The number of hydrogen-bond acceptors (Lipinski definition) is 4. The van der Waals surface area contributed by atoms with Gasteiger partial charge in [0.25, 0.3) is 5.91 Å². The van der Waals surface area contributed by atoms with Crippen molar-refractivity contribution in [1.29, 1.82) is 0 Å². The maximum atomic E-state index is 12.5. The second-order valence-electron chi connectivity index (χ2n) is 7.07. The van der Waals surface area contributed by atoms with Crippen molar-refractivity contribution in [2.45, 2.75) is 44.5 Å². The van der Waals surface area contributed by atoms with Gasteiger partial charge < -0.3 is 15.2 Å². The number of alkyl halides is 3. The van der Waals surface area contributed by atoms with Crippen molar-refractivity contribution in [2.75, 3.05) is 0 Å². The molecule has 1 amide bonds. The van der Waals surface area contributed by atoms with Gasteiger partial charge in [-0.05, 0) is 59.9 Å². The number of hydrogen-bond donors (Lipinski definition) is 2. The molecule has 5 nitrogen and oxygen atoms in total. The van der Waals surface area contributed by atoms with Crippen molar-refractivity contribution < 1.29 is 32.6 Å². The van der Waals surface area contributed by atoms with E-state index >= 15 is 0 Å². The van der Waals surface area contributed by atoms with Crippen molar-refractivity contribution in [3.63, 3.8) is 0 Å². The smallest absolute Gasteiger partial charge is 0.481 e. The fraction of sp³-hybridized carbons (Fsp3) is 0.400. The Kier molecular flexibility index (Phi) is 6.46. The predicted molar refractivity (Wildman–Crippen MR) is 102 cm³/mol. The van der Waals surface area contributed by atoms with E-state index in [1.807, 2.05) is 0 Å². The van der Waals surface area contributed by atoms with Gasteiger partial charge in [-0.3, -0.25) is 9.59 Å². The number of thiophene rings is 1. The summed E-state index contributed by atoms with van der Waals surface area (Å²) in [6.45, 7) is 0. The molecule has 1 saturated carbocycles. The molecule has 0 unspecified atom stereocenters. The number of amides is 1. The lowest BCUT2D eigenvalue weighted by molar-refractivity contribution is -0.274. The van der Waals surface area contributed by atoms with Crippen LogP contribution in [0.15, 0.2) is 35.7 Å². The molecule has 9 heteroatoms. The summed E-state index contributed by atoms with van der Waals surface area (Å²) < 4.78 is 40.6. The maximum absolute atomic E-state index is 12.5. The van der Waals surface area contributed by atoms with Crippen LogP contribution in [-0.2, 0) is 4.79 Å². The number of carbonyl (C=O) groups is 2. The summed E-state index contributed by atoms with van der Waals surface area (Å²) >= 11 is 1.25. The molecule has 29 heavy (non-hydrogen) atoms. The molecule has 2 atom stereocenters. The first-order valence-corrected chi connectivity index (χ1v) is 10.0. The lowest BCUT2D eigenvalue weighted by atomic mass is 9.84. The number of ether oxygens (including phenoxy) is 1. The molecule has 1 aromatic carbocycles. The van der Waals surface area contributed by atoms with E-state index in [-0.39, 0.29) is 30.0 Å². The highest BCUT2D eigenvalue weighted by Gasteiger charge is 2.31. The monoisotopic (exact) mass is 427 g/mol. The molecule has 1 aliphatic carbocycles. The molecule has 1 fully saturated rings. The fourth-order valence-electron chi connectivity index (χ4n) is 3.57. The summed E-state index contributed by atoms with van der Waals surface area (Å²) in [4.78, 5) is 23.9. The topological polar surface area (TPSA) is 75.6 Å². The fourth-order valence-corrected chi connectivity index (χ4v) is 4.39. The first-order valence-electron chi connectivity index (χ1n) is 9.17. The number of halogens is 3. The molecule has 156 valence electrons. The summed E-state index contributed by atoms with van der Waals surface area (Å²) in [5.74, 6) is -1.28. The highest BCUT2D eigenvalue weighted by atomic mass is 32.1. The van der Waals surface area contributed by atoms with E-state index in [1.54, 1.807) is 11.4 Å². The molecule has 1 aromatic heterocycles. The molecule has 1 aliphatic rings. The molecule has 0 radical (unpaired) electrons. The van der Waals surface area contributed by atoms with E-state index in [9.17, 15) is 22.8 Å². The maximum Gasteiger partial charge on any atom is 0.573 e. The Bertz CT molecular complexity index is 863. The number of carboxylic acid groups (broad SMARTS) is 1. The Hall–Kier alpha value is -2.55. The zero-order valence-corrected chi connectivity index (χ0v) is 16.2. The average molecular weight is 427 g/mol. The van der Waals surface area contributed by atoms with Gasteiger partial charge in [0, 0.05) is 12.5 Å². The van der Waals surface area contributed by atoms with Crippen LogP contribution in [0.1, 0.15) is 41.8 Å². The normalized spacial score (nSPS) is 19.6. The van der Waals surface area contributed by atoms with Crippen molar-refractivity contribution in [3.05, 3.63) is 40.6 Å². The van der Waals surface area contributed by atoms with Gasteiger partial charge in [-0.1, -0.05) is 18.6 Å². The molecule has 1 heterocycles. The molecule has 0 saturated heterocycles. The van der Waals surface area contributed by atoms with Gasteiger partial charge in [0.15, 0.2) is 0 Å². The third kappa shape index (κ3) is 6.22. The minimum Gasteiger partial charge on any atom is -0.481 e. The molecule has 3 rings (SSSR count). The number of carboxylic acids is 1. The first kappa shape index (κ1) is 21.2. The van der Waals surface area contributed by atoms with Crippen LogP contribution < -0.4 is 10.1 Å². The second-order valence-corrected chi connectivity index (χ2v) is 7.98. The van der Waals surface area contributed by atoms with E-state index in [2.05, 4.69) is 10.1 Å². The van der Waals surface area contributed by atoms with Crippen LogP contribution in [-0.4, -0.2) is 29.4 Å². The van der Waals surface area contributed by atoms with Crippen LogP contribution in [0.5, 0.6) is 5.75 Å². The van der Waals surface area contributed by atoms with Crippen LogP contribution in [0.3, 0.4) is 0 Å². The van der Waals surface area contributed by atoms with E-state index in [4.69, 9.17) is 5.11 Å². The van der Waals surface area contributed by atoms with Crippen molar-refractivity contribution in [2.24, 2.45) is 5.92 Å². The van der Waals surface area contributed by atoms with Crippen molar-refractivity contribution in [3.8, 4) is 16.9 Å². The predicted octanol–water partition coefficient (Wildman–Crippen LogP) is 5.08. The van der Waals surface area contributed by atoms with Gasteiger partial charge >= 0.3 is 12.3 Å². The summed E-state index contributed by atoms with van der Waals surface area (Å²) in [5.41, 5.74) is 1.40. The minimum absolute atomic E-state index is 0.0510. The van der Waals surface area contributed by atoms with E-state index in [0.29, 0.717) is 16.9 Å². The van der Waals surface area contributed by atoms with Crippen LogP contribution in [0.2, 0.25) is 0 Å². The Morgan fingerprint density at radius 2 is 1.90 bits per heavy atom.